The molecule has 101 heavy (non-hydrogen) atoms. The second-order valence-corrected chi connectivity index (χ2v) is 29.8. The number of fused-ring (bicyclic) bond motifs is 1. The van der Waals surface area contributed by atoms with E-state index in [-0.39, 0.29) is 82.3 Å². The molecule has 542 valence electrons. The molecule has 5 aromatic heterocycles. The molecule has 2 unspecified atom stereocenters. The zero-order valence-corrected chi connectivity index (χ0v) is 57.7. The SMILES string of the molecule is CC(F)(F)c1ccc(CN(c2ncnc(NCC3CCN(S(C)(=O)=O)C3)c2F)C2CC2)nc1.CS(=O)N1CCC(C2(Nc3ncnc(N(Cc4ccc(C(C)(F)F)cc4)C4CC4)c3F)CC2)CC1.NC(=O)Cc1ccc(CNc2ncnc3c2ccn3Cc2ccc(C(F)(F)F)cc2)cc1.O. The van der Waals surface area contributed by atoms with Crippen molar-refractivity contribution < 1.29 is 62.4 Å². The lowest BCUT2D eigenvalue weighted by atomic mass is 9.88. The van der Waals surface area contributed by atoms with Crippen LogP contribution in [0.5, 0.6) is 0 Å². The molecular weight excluding hydrogens is 1370 g/mol. The molecule has 5 fully saturated rings. The Bertz CT molecular complexity index is 4270. The van der Waals surface area contributed by atoms with Crippen LogP contribution in [0.4, 0.5) is 68.6 Å². The molecule has 3 aromatic carbocycles. The quantitative estimate of drug-likeness (QED) is 0.0387. The lowest BCUT2D eigenvalue weighted by molar-refractivity contribution is -0.137. The van der Waals surface area contributed by atoms with E-state index in [0.717, 1.165) is 124 Å². The van der Waals surface area contributed by atoms with Crippen LogP contribution in [0.1, 0.15) is 116 Å². The van der Waals surface area contributed by atoms with Crippen LogP contribution >= 0.6 is 0 Å². The first kappa shape index (κ1) is 75.1. The predicted molar refractivity (Wildman–Crippen MR) is 368 cm³/mol. The minimum Gasteiger partial charge on any atom is -0.412 e. The molecule has 7 N–H and O–H groups in total. The highest BCUT2D eigenvalue weighted by Crippen LogP contribution is 2.50. The van der Waals surface area contributed by atoms with Crippen molar-refractivity contribution in [3.05, 3.63) is 179 Å². The van der Waals surface area contributed by atoms with Crippen LogP contribution < -0.4 is 31.5 Å². The summed E-state index contributed by atoms with van der Waals surface area (Å²) in [5.41, 5.74) is 8.80. The van der Waals surface area contributed by atoms with Crippen LogP contribution in [0.3, 0.4) is 0 Å². The maximum absolute atomic E-state index is 15.8. The number of rotatable bonds is 25. The number of anilines is 5. The van der Waals surface area contributed by atoms with Crippen LogP contribution in [0.2, 0.25) is 0 Å². The number of primary amides is 1. The summed E-state index contributed by atoms with van der Waals surface area (Å²) in [6.07, 6.45) is 13.9. The number of hydrogen-bond acceptors (Lipinski definition) is 16. The van der Waals surface area contributed by atoms with E-state index in [1.165, 1.54) is 65.9 Å². The topological polar surface area (TPSA) is 270 Å². The van der Waals surface area contributed by atoms with Crippen molar-refractivity contribution in [2.75, 3.05) is 71.0 Å². The number of pyridine rings is 1. The highest BCUT2D eigenvalue weighted by atomic mass is 32.2. The van der Waals surface area contributed by atoms with Crippen LogP contribution in [0.25, 0.3) is 11.0 Å². The zero-order chi connectivity index (χ0) is 71.3. The van der Waals surface area contributed by atoms with E-state index >= 15 is 8.78 Å². The average Bonchev–Trinajstić information content (AvgIpc) is 1.62. The fraction of sp³-hybridized carbons (Fsp3) is 0.449. The van der Waals surface area contributed by atoms with Crippen LogP contribution in [0.15, 0.2) is 122 Å². The van der Waals surface area contributed by atoms with Gasteiger partial charge in [0.15, 0.2) is 23.3 Å². The summed E-state index contributed by atoms with van der Waals surface area (Å²) in [6.45, 7) is 6.03. The monoisotopic (exact) mass is 1450 g/mol. The second-order valence-electron chi connectivity index (χ2n) is 26.4. The molecular formula is C69H81F9N16O5S2. The third-order valence-electron chi connectivity index (χ3n) is 18.6. The summed E-state index contributed by atoms with van der Waals surface area (Å²) >= 11 is 0. The summed E-state index contributed by atoms with van der Waals surface area (Å²) in [5, 5.41) is 10.5. The van der Waals surface area contributed by atoms with Gasteiger partial charge >= 0.3 is 6.18 Å². The molecule has 2 saturated heterocycles. The van der Waals surface area contributed by atoms with Crippen LogP contribution in [-0.4, -0.2) is 135 Å². The first-order valence-corrected chi connectivity index (χ1v) is 36.3. The van der Waals surface area contributed by atoms with Gasteiger partial charge in [-0.25, -0.2) is 68.7 Å². The van der Waals surface area contributed by atoms with E-state index < -0.39 is 56.2 Å². The Kier molecular flexibility index (Phi) is 23.3. The number of nitrogens with two attached hydrogens (primary N) is 1. The van der Waals surface area contributed by atoms with Crippen molar-refractivity contribution in [2.24, 2.45) is 17.6 Å². The number of carbonyl (C=O) groups is 1. The number of alkyl halides is 7. The molecule has 0 radical (unpaired) electrons. The van der Waals surface area contributed by atoms with Crippen molar-refractivity contribution in [3.8, 4) is 0 Å². The lowest BCUT2D eigenvalue weighted by Crippen LogP contribution is -2.42. The van der Waals surface area contributed by atoms with Gasteiger partial charge in [0.25, 0.3) is 11.8 Å². The molecule has 2 aliphatic heterocycles. The molecule has 7 heterocycles. The Labute approximate surface area is 582 Å². The van der Waals surface area contributed by atoms with E-state index in [9.17, 15) is 48.2 Å². The molecule has 2 atom stereocenters. The summed E-state index contributed by atoms with van der Waals surface area (Å²) in [4.78, 5) is 44.2. The largest absolute Gasteiger partial charge is 0.416 e. The fourth-order valence-electron chi connectivity index (χ4n) is 12.5. The van der Waals surface area contributed by atoms with E-state index in [0.29, 0.717) is 68.8 Å². The number of piperidine rings is 1. The molecule has 3 saturated carbocycles. The summed E-state index contributed by atoms with van der Waals surface area (Å²) in [6, 6.07) is 23.9. The van der Waals surface area contributed by atoms with Crippen molar-refractivity contribution in [1.29, 1.82) is 0 Å². The molecule has 0 spiro atoms. The highest BCUT2D eigenvalue weighted by molar-refractivity contribution is 7.88. The highest BCUT2D eigenvalue weighted by Gasteiger charge is 2.51. The van der Waals surface area contributed by atoms with Gasteiger partial charge in [-0.05, 0) is 122 Å². The Hall–Kier alpha value is -8.59. The number of aromatic nitrogens is 8. The van der Waals surface area contributed by atoms with Crippen molar-refractivity contribution in [1.82, 2.24) is 48.1 Å². The number of halogens is 9. The zero-order valence-electron chi connectivity index (χ0n) is 56.1. The third-order valence-corrected chi connectivity index (χ3v) is 21.0. The van der Waals surface area contributed by atoms with E-state index in [2.05, 4.69) is 50.8 Å². The molecule has 3 aliphatic carbocycles. The maximum Gasteiger partial charge on any atom is 0.416 e. The standard InChI is InChI=1S/C25H32F3N5OS.C23H20F3N5O.C21H27F3N6O2S.H2O/c1-24(27,28)18-5-3-17(4-6-18)15-33(20-7-8-20)23-21(26)22(29-16-30-23)31-25(11-12-25)19-9-13-32(14-10-19)35(2)34;24-23(25,26)18-7-5-17(6-8-18)13-31-10-9-19-21(29-14-30-22(19)31)28-12-16-3-1-15(2-4-16)11-20(27)32;1-21(23,24)15-3-4-16(25-10-15)12-30(17-5-6-17)20-18(22)19(27-13-28-20)26-9-14-7-8-29(11-14)33(2,31)32;/h3-6,16,19-20H,7-15H2,1-2H3,(H,29,30,31);1-10,14H,11-13H2,(H2,27,32)(H,28,29,30);3-4,10,13-14,17H,5-9,11-12H2,1-2H3,(H,26,27,28);1H2. The molecule has 0 bridgehead atoms. The smallest absolute Gasteiger partial charge is 0.412 e. The van der Waals surface area contributed by atoms with Crippen LogP contribution in [0, 0.1) is 23.5 Å². The number of benzene rings is 3. The number of nitrogens with zero attached hydrogens (tertiary/aromatic N) is 12. The maximum atomic E-state index is 15.8. The Balaban J connectivity index is 0.000000163. The van der Waals surface area contributed by atoms with E-state index in [1.54, 1.807) is 23.3 Å². The Morgan fingerprint density at radius 3 is 1.73 bits per heavy atom. The average molecular weight is 1450 g/mol. The predicted octanol–water partition coefficient (Wildman–Crippen LogP) is 11.1. The lowest BCUT2D eigenvalue weighted by Gasteiger charge is -2.36. The van der Waals surface area contributed by atoms with Crippen LogP contribution in [-0.2, 0) is 76.4 Å². The van der Waals surface area contributed by atoms with Gasteiger partial charge in [-0.1, -0.05) is 60.7 Å². The number of carbonyl (C=O) groups excluding carboxylic acids is 1. The molecule has 32 heteroatoms. The molecule has 5 aliphatic rings. The van der Waals surface area contributed by atoms with Gasteiger partial charge in [0.2, 0.25) is 27.6 Å². The summed E-state index contributed by atoms with van der Waals surface area (Å²) < 4.78 is 164. The number of amides is 1. The van der Waals surface area contributed by atoms with Gasteiger partial charge in [0, 0.05) is 114 Å². The minimum absolute atomic E-state index is 0. The van der Waals surface area contributed by atoms with E-state index in [4.69, 9.17) is 5.73 Å². The third kappa shape index (κ3) is 19.5. The van der Waals surface area contributed by atoms with E-state index in [1.807, 2.05) is 50.3 Å². The van der Waals surface area contributed by atoms with Crippen molar-refractivity contribution >= 4 is 67.0 Å². The first-order valence-electron chi connectivity index (χ1n) is 32.9. The van der Waals surface area contributed by atoms with Gasteiger partial charge in [0.05, 0.1) is 46.9 Å². The number of nitrogens with one attached hydrogen (secondary N) is 3. The summed E-state index contributed by atoms with van der Waals surface area (Å²) in [7, 11) is -4.19. The van der Waals surface area contributed by atoms with Gasteiger partial charge in [-0.2, -0.15) is 22.0 Å². The second kappa shape index (κ2) is 31.3. The molecule has 1 amide bonds. The summed E-state index contributed by atoms with van der Waals surface area (Å²) in [5.74, 6) is -5.55. The molecule has 13 rings (SSSR count). The fourth-order valence-corrected chi connectivity index (χ4v) is 14.2. The Morgan fingerprint density at radius 2 is 1.19 bits per heavy atom. The number of sulfonamides is 1. The van der Waals surface area contributed by atoms with Gasteiger partial charge in [-0.3, -0.25) is 9.78 Å². The molecule has 21 nitrogen and oxygen atoms in total. The van der Waals surface area contributed by atoms with Gasteiger partial charge in [-0.15, -0.1) is 0 Å². The Morgan fingerprint density at radius 1 is 0.644 bits per heavy atom. The molecule has 8 aromatic rings. The van der Waals surface area contributed by atoms with Gasteiger partial charge in [0.1, 0.15) is 30.4 Å². The van der Waals surface area contributed by atoms with Crippen molar-refractivity contribution in [3.63, 3.8) is 0 Å². The van der Waals surface area contributed by atoms with Crippen molar-refractivity contribution in [2.45, 2.75) is 140 Å². The normalized spacial score (nSPS) is 17.5. The number of hydrogen-bond donors (Lipinski definition) is 4. The first-order chi connectivity index (χ1) is 47.5. The minimum atomic E-state index is -4.35. The van der Waals surface area contributed by atoms with Gasteiger partial charge < -0.3 is 41.5 Å².